The minimum Gasteiger partial charge on any atom is -0.383 e. The van der Waals surface area contributed by atoms with E-state index in [2.05, 4.69) is 49.6 Å². The fraction of sp³-hybridized carbons (Fsp3) is 0.545. The Bertz CT molecular complexity index is 669. The zero-order valence-corrected chi connectivity index (χ0v) is 15.4. The molecule has 0 amide bonds. The van der Waals surface area contributed by atoms with Crippen LogP contribution in [0.2, 0.25) is 0 Å². The molecule has 0 aromatic heterocycles. The molecular weight excluding hydrogens is 289 g/mol. The van der Waals surface area contributed by atoms with Gasteiger partial charge in [0, 0.05) is 18.7 Å². The number of allylic oxidation sites excluding steroid dienone is 2. The van der Waals surface area contributed by atoms with Crippen molar-refractivity contribution in [3.8, 4) is 0 Å². The lowest BCUT2D eigenvalue weighted by Crippen LogP contribution is -2.43. The average molecular weight is 319 g/mol. The van der Waals surface area contributed by atoms with Crippen LogP contribution in [-0.2, 0) is 12.7 Å². The molecule has 0 radical (unpaired) electrons. The number of fused-ring (bicyclic) bond motifs is 2. The molecule has 0 bridgehead atoms. The van der Waals surface area contributed by atoms with Gasteiger partial charge in [-0.2, -0.15) is 0 Å². The van der Waals surface area contributed by atoms with Gasteiger partial charge in [-0.15, -0.1) is 0 Å². The van der Waals surface area contributed by atoms with E-state index in [0.717, 1.165) is 5.92 Å². The molecule has 1 aliphatic carbocycles. The zero-order chi connectivity index (χ0) is 16.7. The highest BCUT2D eigenvalue weighted by molar-refractivity contribution is 6.66. The van der Waals surface area contributed by atoms with Crippen molar-refractivity contribution in [2.75, 3.05) is 7.05 Å². The summed E-state index contributed by atoms with van der Waals surface area (Å²) in [7, 11) is 2.34. The topological polar surface area (TPSA) is 3.24 Å². The summed E-state index contributed by atoms with van der Waals surface area (Å²) in [5.74, 6) is 4.23. The average Bonchev–Trinajstić information content (AvgIpc) is 2.88. The van der Waals surface area contributed by atoms with E-state index in [9.17, 15) is 0 Å². The summed E-state index contributed by atoms with van der Waals surface area (Å²) in [4.78, 5) is 2.62. The first-order chi connectivity index (χ1) is 11.6. The second-order valence-corrected chi connectivity index (χ2v) is 8.34. The van der Waals surface area contributed by atoms with Crippen molar-refractivity contribution in [1.82, 2.24) is 4.90 Å². The molecule has 0 spiro atoms. The third-order valence-corrected chi connectivity index (χ3v) is 6.68. The molecule has 3 aliphatic rings. The highest BCUT2D eigenvalue weighted by Gasteiger charge is 2.39. The van der Waals surface area contributed by atoms with Gasteiger partial charge in [-0.1, -0.05) is 68.4 Å². The van der Waals surface area contributed by atoms with Gasteiger partial charge in [-0.05, 0) is 48.7 Å². The van der Waals surface area contributed by atoms with Crippen molar-refractivity contribution in [3.05, 3.63) is 53.1 Å². The van der Waals surface area contributed by atoms with Crippen LogP contribution in [0.15, 0.2) is 36.5 Å². The van der Waals surface area contributed by atoms with Gasteiger partial charge in [0.2, 0.25) is 0 Å². The van der Waals surface area contributed by atoms with Crippen LogP contribution in [0, 0.1) is 5.92 Å². The van der Waals surface area contributed by atoms with Gasteiger partial charge in [-0.3, -0.25) is 0 Å². The van der Waals surface area contributed by atoms with E-state index < -0.39 is 0 Å². The molecule has 126 valence electrons. The van der Waals surface area contributed by atoms with E-state index in [0.29, 0.717) is 12.7 Å². The first kappa shape index (κ1) is 16.1. The third-order valence-electron chi connectivity index (χ3n) is 6.68. The number of rotatable bonds is 3. The molecular formula is C22H30BN. The minimum atomic E-state index is 0.677. The van der Waals surface area contributed by atoms with Crippen LogP contribution in [0.1, 0.15) is 62.1 Å². The van der Waals surface area contributed by atoms with E-state index in [1.54, 1.807) is 16.8 Å². The molecule has 2 heteroatoms. The molecule has 1 atom stereocenters. The molecule has 1 nitrogen and oxygen atoms in total. The Morgan fingerprint density at radius 1 is 1.25 bits per heavy atom. The summed E-state index contributed by atoms with van der Waals surface area (Å²) >= 11 is 0. The smallest absolute Gasteiger partial charge is 0.199 e. The van der Waals surface area contributed by atoms with Gasteiger partial charge in [-0.25, -0.2) is 0 Å². The summed E-state index contributed by atoms with van der Waals surface area (Å²) in [6, 6.07) is 6.81. The quantitative estimate of drug-likeness (QED) is 0.701. The van der Waals surface area contributed by atoms with E-state index in [-0.39, 0.29) is 0 Å². The molecule has 2 aliphatic heterocycles. The standard InChI is InChI=1S/C22H30BN/c1-16(2)20-11-7-10-18-13-22-23(15-21(18)20)14-19(24(22)3)12-17-8-5-4-6-9-17/h7,10-11,14,17,22H,1,4-6,8-9,12-13,15H2,2-3H3. The lowest BCUT2D eigenvalue weighted by molar-refractivity contribution is 0.305. The van der Waals surface area contributed by atoms with Crippen LogP contribution >= 0.6 is 0 Å². The van der Waals surface area contributed by atoms with Gasteiger partial charge in [0.15, 0.2) is 6.71 Å². The summed E-state index contributed by atoms with van der Waals surface area (Å²) in [6.07, 6.45) is 10.9. The summed E-state index contributed by atoms with van der Waals surface area (Å²) in [5.41, 5.74) is 7.35. The Kier molecular flexibility index (Phi) is 4.32. The maximum absolute atomic E-state index is 4.20. The number of benzene rings is 1. The summed E-state index contributed by atoms with van der Waals surface area (Å²) < 4.78 is 0. The first-order valence-electron chi connectivity index (χ1n) is 9.83. The van der Waals surface area contributed by atoms with Gasteiger partial charge >= 0.3 is 0 Å². The Morgan fingerprint density at radius 3 is 2.79 bits per heavy atom. The lowest BCUT2D eigenvalue weighted by atomic mass is 9.38. The third kappa shape index (κ3) is 2.85. The first-order valence-corrected chi connectivity index (χ1v) is 9.83. The Labute approximate surface area is 147 Å². The molecule has 1 aromatic rings. The molecule has 24 heavy (non-hydrogen) atoms. The molecule has 0 N–H and O–H groups in total. The van der Waals surface area contributed by atoms with E-state index in [1.165, 1.54) is 62.4 Å². The van der Waals surface area contributed by atoms with Crippen LogP contribution in [0.3, 0.4) is 0 Å². The van der Waals surface area contributed by atoms with Crippen molar-refractivity contribution in [1.29, 1.82) is 0 Å². The molecule has 1 aromatic carbocycles. The predicted octanol–water partition coefficient (Wildman–Crippen LogP) is 5.10. The maximum Gasteiger partial charge on any atom is 0.199 e. The highest BCUT2D eigenvalue weighted by atomic mass is 15.1. The normalized spacial score (nSPS) is 23.8. The largest absolute Gasteiger partial charge is 0.383 e. The predicted molar refractivity (Wildman–Crippen MR) is 105 cm³/mol. The fourth-order valence-corrected chi connectivity index (χ4v) is 5.29. The van der Waals surface area contributed by atoms with Crippen LogP contribution in [0.5, 0.6) is 0 Å². The summed E-state index contributed by atoms with van der Waals surface area (Å²) in [5, 5.41) is 0. The van der Waals surface area contributed by atoms with Gasteiger partial charge in [0.05, 0.1) is 0 Å². The second kappa shape index (κ2) is 6.46. The number of likely N-dealkylation sites (N-methyl/N-ethyl adjacent to an activating group) is 1. The summed E-state index contributed by atoms with van der Waals surface area (Å²) in [6.45, 7) is 7.04. The maximum atomic E-state index is 4.20. The van der Waals surface area contributed by atoms with Gasteiger partial charge in [0.25, 0.3) is 0 Å². The SMILES string of the molecule is C=C(C)c1cccc2c1CB1C=C(CC3CCCCC3)N(C)C1C2. The minimum absolute atomic E-state index is 0.677. The number of hydrogen-bond acceptors (Lipinski definition) is 1. The molecule has 1 fully saturated rings. The lowest BCUT2D eigenvalue weighted by Gasteiger charge is -2.34. The number of hydrogen-bond donors (Lipinski definition) is 0. The second-order valence-electron chi connectivity index (χ2n) is 8.34. The van der Waals surface area contributed by atoms with E-state index >= 15 is 0 Å². The molecule has 1 saturated carbocycles. The molecule has 1 unspecified atom stereocenters. The molecule has 4 rings (SSSR count). The van der Waals surface area contributed by atoms with Crippen molar-refractivity contribution in [3.63, 3.8) is 0 Å². The highest BCUT2D eigenvalue weighted by Crippen LogP contribution is 2.37. The Balaban J connectivity index is 1.55. The Morgan fingerprint density at radius 2 is 2.04 bits per heavy atom. The van der Waals surface area contributed by atoms with Crippen molar-refractivity contribution >= 4 is 12.3 Å². The fourth-order valence-electron chi connectivity index (χ4n) is 5.29. The number of nitrogens with zero attached hydrogens (tertiary/aromatic N) is 1. The molecule has 2 heterocycles. The monoisotopic (exact) mass is 319 g/mol. The van der Waals surface area contributed by atoms with Crippen LogP contribution in [0.4, 0.5) is 0 Å². The van der Waals surface area contributed by atoms with Crippen LogP contribution < -0.4 is 0 Å². The van der Waals surface area contributed by atoms with E-state index in [4.69, 9.17) is 0 Å². The van der Waals surface area contributed by atoms with Crippen molar-refractivity contribution in [2.24, 2.45) is 5.92 Å². The van der Waals surface area contributed by atoms with E-state index in [1.807, 2.05) is 0 Å². The van der Waals surface area contributed by atoms with Gasteiger partial charge in [0.1, 0.15) is 0 Å². The van der Waals surface area contributed by atoms with Crippen molar-refractivity contribution in [2.45, 2.75) is 64.1 Å². The molecule has 0 saturated heterocycles. The van der Waals surface area contributed by atoms with Crippen LogP contribution in [0.25, 0.3) is 5.57 Å². The Hall–Kier alpha value is -1.44. The van der Waals surface area contributed by atoms with Crippen LogP contribution in [-0.4, -0.2) is 24.6 Å². The zero-order valence-electron chi connectivity index (χ0n) is 15.4. The van der Waals surface area contributed by atoms with Crippen molar-refractivity contribution < 1.29 is 0 Å². The van der Waals surface area contributed by atoms with Gasteiger partial charge < -0.3 is 4.90 Å².